The van der Waals surface area contributed by atoms with Gasteiger partial charge < -0.3 is 9.47 Å². The van der Waals surface area contributed by atoms with Crippen LogP contribution in [0.5, 0.6) is 5.75 Å². The largest absolute Gasteiger partial charge is 0.497 e. The minimum Gasteiger partial charge on any atom is -0.497 e. The zero-order chi connectivity index (χ0) is 13.8. The van der Waals surface area contributed by atoms with Crippen LogP contribution in [0.15, 0.2) is 30.8 Å². The van der Waals surface area contributed by atoms with Crippen molar-refractivity contribution in [3.8, 4) is 5.75 Å². The second-order valence-corrected chi connectivity index (χ2v) is 5.10. The van der Waals surface area contributed by atoms with E-state index in [0.717, 1.165) is 16.9 Å². The van der Waals surface area contributed by atoms with Gasteiger partial charge in [0.15, 0.2) is 0 Å². The molecule has 0 saturated carbocycles. The first-order valence-electron chi connectivity index (χ1n) is 5.86. The molecule has 1 rings (SSSR count). The van der Waals surface area contributed by atoms with Gasteiger partial charge in [0, 0.05) is 0 Å². The molecule has 0 atom stereocenters. The van der Waals surface area contributed by atoms with E-state index in [4.69, 9.17) is 9.47 Å². The summed E-state index contributed by atoms with van der Waals surface area (Å²) in [5.74, 6) is 0.520. The fourth-order valence-electron chi connectivity index (χ4n) is 1.48. The number of hydrogen-bond donors (Lipinski definition) is 0. The lowest BCUT2D eigenvalue weighted by atomic mass is 10.0. The van der Waals surface area contributed by atoms with Gasteiger partial charge in [0.05, 0.1) is 13.5 Å². The molecule has 0 N–H and O–H groups in total. The number of esters is 1. The van der Waals surface area contributed by atoms with Crippen molar-refractivity contribution >= 4 is 11.5 Å². The molecule has 3 heteroatoms. The smallest absolute Gasteiger partial charge is 0.310 e. The lowest BCUT2D eigenvalue weighted by molar-refractivity contribution is -0.153. The molecule has 0 bridgehead atoms. The molecule has 18 heavy (non-hydrogen) atoms. The molecule has 1 aromatic rings. The Morgan fingerprint density at radius 2 is 1.78 bits per heavy atom. The van der Waals surface area contributed by atoms with Gasteiger partial charge in [-0.2, -0.15) is 0 Å². The molecule has 0 unspecified atom stereocenters. The zero-order valence-corrected chi connectivity index (χ0v) is 11.4. The molecule has 0 heterocycles. The highest BCUT2D eigenvalue weighted by Gasteiger charge is 2.17. The molecule has 0 spiro atoms. The van der Waals surface area contributed by atoms with E-state index in [1.165, 1.54) is 0 Å². The van der Waals surface area contributed by atoms with Gasteiger partial charge in [-0.05, 0) is 44.0 Å². The van der Waals surface area contributed by atoms with Crippen molar-refractivity contribution in [2.24, 2.45) is 0 Å². The quantitative estimate of drug-likeness (QED) is 0.766. The van der Waals surface area contributed by atoms with Crippen LogP contribution in [-0.4, -0.2) is 18.7 Å². The third-order valence-corrected chi connectivity index (χ3v) is 2.28. The Morgan fingerprint density at radius 1 is 1.22 bits per heavy atom. The van der Waals surface area contributed by atoms with Crippen molar-refractivity contribution in [1.82, 2.24) is 0 Å². The van der Waals surface area contributed by atoms with Gasteiger partial charge in [-0.1, -0.05) is 18.7 Å². The van der Waals surface area contributed by atoms with E-state index < -0.39 is 5.60 Å². The van der Waals surface area contributed by atoms with E-state index in [2.05, 4.69) is 6.58 Å². The number of rotatable bonds is 4. The van der Waals surface area contributed by atoms with Gasteiger partial charge in [-0.3, -0.25) is 4.79 Å². The van der Waals surface area contributed by atoms with E-state index in [-0.39, 0.29) is 12.4 Å². The fraction of sp³-hybridized carbons (Fsp3) is 0.400. The van der Waals surface area contributed by atoms with Crippen molar-refractivity contribution in [2.45, 2.75) is 32.8 Å². The maximum atomic E-state index is 11.7. The van der Waals surface area contributed by atoms with Crippen molar-refractivity contribution in [1.29, 1.82) is 0 Å². The number of methoxy groups -OCH3 is 1. The third kappa shape index (κ3) is 4.62. The zero-order valence-electron chi connectivity index (χ0n) is 11.4. The Bertz CT molecular complexity index is 424. The second kappa shape index (κ2) is 5.71. The van der Waals surface area contributed by atoms with Crippen LogP contribution in [0.25, 0.3) is 5.57 Å². The third-order valence-electron chi connectivity index (χ3n) is 2.28. The van der Waals surface area contributed by atoms with Crippen LogP contribution in [0.3, 0.4) is 0 Å². The highest BCUT2D eigenvalue weighted by molar-refractivity contribution is 5.84. The Morgan fingerprint density at radius 3 is 2.22 bits per heavy atom. The molecule has 1 aromatic carbocycles. The van der Waals surface area contributed by atoms with Gasteiger partial charge in [0.25, 0.3) is 0 Å². The van der Waals surface area contributed by atoms with Gasteiger partial charge in [0.1, 0.15) is 11.4 Å². The second-order valence-electron chi connectivity index (χ2n) is 5.10. The number of hydrogen-bond acceptors (Lipinski definition) is 3. The molecule has 0 fully saturated rings. The predicted octanol–water partition coefficient (Wildman–Crippen LogP) is 3.44. The summed E-state index contributed by atoms with van der Waals surface area (Å²) in [5.41, 5.74) is 1.20. The summed E-state index contributed by atoms with van der Waals surface area (Å²) in [6.45, 7) is 9.45. The van der Waals surface area contributed by atoms with Gasteiger partial charge in [-0.15, -0.1) is 0 Å². The minimum absolute atomic E-state index is 0.198. The molecule has 0 aliphatic heterocycles. The maximum Gasteiger partial charge on any atom is 0.310 e. The van der Waals surface area contributed by atoms with E-state index in [9.17, 15) is 4.79 Å². The first-order chi connectivity index (χ1) is 8.31. The molecule has 0 amide bonds. The summed E-state index contributed by atoms with van der Waals surface area (Å²) in [6, 6.07) is 7.45. The van der Waals surface area contributed by atoms with Crippen LogP contribution in [0.2, 0.25) is 0 Å². The number of carbonyl (C=O) groups excluding carboxylic acids is 1. The molecule has 0 aliphatic rings. The van der Waals surface area contributed by atoms with E-state index >= 15 is 0 Å². The molecule has 0 aliphatic carbocycles. The number of carbonyl (C=O) groups is 1. The molecule has 0 aromatic heterocycles. The SMILES string of the molecule is C=C(CC(=O)OC(C)(C)C)c1ccc(OC)cc1. The fourth-order valence-corrected chi connectivity index (χ4v) is 1.48. The van der Waals surface area contributed by atoms with Crippen LogP contribution in [0.1, 0.15) is 32.8 Å². The summed E-state index contributed by atoms with van der Waals surface area (Å²) >= 11 is 0. The van der Waals surface area contributed by atoms with E-state index in [1.54, 1.807) is 7.11 Å². The Kier molecular flexibility index (Phi) is 4.54. The molecule has 0 saturated heterocycles. The Balaban J connectivity index is 2.62. The average Bonchev–Trinajstić information content (AvgIpc) is 2.26. The van der Waals surface area contributed by atoms with Crippen molar-refractivity contribution in [2.75, 3.05) is 7.11 Å². The van der Waals surface area contributed by atoms with Crippen LogP contribution in [0.4, 0.5) is 0 Å². The first kappa shape index (κ1) is 14.3. The molecule has 98 valence electrons. The Labute approximate surface area is 108 Å². The van der Waals surface area contributed by atoms with E-state index in [1.807, 2.05) is 45.0 Å². The van der Waals surface area contributed by atoms with Crippen LogP contribution >= 0.6 is 0 Å². The summed E-state index contributed by atoms with van der Waals surface area (Å²) in [4.78, 5) is 11.7. The molecular weight excluding hydrogens is 228 g/mol. The van der Waals surface area contributed by atoms with Gasteiger partial charge in [-0.25, -0.2) is 0 Å². The lowest BCUT2D eigenvalue weighted by Gasteiger charge is -2.19. The average molecular weight is 248 g/mol. The monoisotopic (exact) mass is 248 g/mol. The highest BCUT2D eigenvalue weighted by Crippen LogP contribution is 2.21. The van der Waals surface area contributed by atoms with Gasteiger partial charge >= 0.3 is 5.97 Å². The molecular formula is C15H20O3. The van der Waals surface area contributed by atoms with Crippen molar-refractivity contribution in [3.63, 3.8) is 0 Å². The Hall–Kier alpha value is -1.77. The number of benzene rings is 1. The topological polar surface area (TPSA) is 35.5 Å². The van der Waals surface area contributed by atoms with Crippen LogP contribution in [0, 0.1) is 0 Å². The summed E-state index contributed by atoms with van der Waals surface area (Å²) in [6.07, 6.45) is 0.198. The normalized spacial score (nSPS) is 10.9. The summed E-state index contributed by atoms with van der Waals surface area (Å²) in [7, 11) is 1.62. The number of ether oxygens (including phenoxy) is 2. The molecule has 3 nitrogen and oxygen atoms in total. The lowest BCUT2D eigenvalue weighted by Crippen LogP contribution is -2.23. The van der Waals surface area contributed by atoms with E-state index in [0.29, 0.717) is 0 Å². The first-order valence-corrected chi connectivity index (χ1v) is 5.86. The van der Waals surface area contributed by atoms with Crippen LogP contribution in [-0.2, 0) is 9.53 Å². The van der Waals surface area contributed by atoms with Crippen molar-refractivity contribution in [3.05, 3.63) is 36.4 Å². The maximum absolute atomic E-state index is 11.7. The summed E-state index contributed by atoms with van der Waals surface area (Å²) in [5, 5.41) is 0. The van der Waals surface area contributed by atoms with Gasteiger partial charge in [0.2, 0.25) is 0 Å². The summed E-state index contributed by atoms with van der Waals surface area (Å²) < 4.78 is 10.3. The predicted molar refractivity (Wildman–Crippen MR) is 72.5 cm³/mol. The standard InChI is InChI=1S/C15H20O3/c1-11(10-14(16)18-15(2,3)4)12-6-8-13(17-5)9-7-12/h6-9H,1,10H2,2-5H3. The van der Waals surface area contributed by atoms with Crippen molar-refractivity contribution < 1.29 is 14.3 Å². The minimum atomic E-state index is -0.461. The molecule has 0 radical (unpaired) electrons. The van der Waals surface area contributed by atoms with Crippen LogP contribution < -0.4 is 4.74 Å². The highest BCUT2D eigenvalue weighted by atomic mass is 16.6.